The Morgan fingerprint density at radius 1 is 0.290 bits per heavy atom. The Morgan fingerprint density at radius 3 is 0.774 bits per heavy atom. The average Bonchev–Trinajstić information content (AvgIpc) is 2.54. The minimum Gasteiger partial charge on any atom is -0.226 e. The summed E-state index contributed by atoms with van der Waals surface area (Å²) in [5.74, 6) is -60.9. The van der Waals surface area contributed by atoms with Crippen molar-refractivity contribution in [2.24, 2.45) is 0 Å². The van der Waals surface area contributed by atoms with Gasteiger partial charge < -0.3 is 0 Å². The molecule has 0 heterocycles. The molecule has 0 aliphatic heterocycles. The third-order valence-corrected chi connectivity index (χ3v) is 5.04. The number of halogens is 20. The summed E-state index contributed by atoms with van der Waals surface area (Å²) in [6.45, 7) is 0. The van der Waals surface area contributed by atoms with Crippen LogP contribution in [-0.2, 0) is 0 Å². The third kappa shape index (κ3) is 1.78. The van der Waals surface area contributed by atoms with E-state index in [4.69, 9.17) is 0 Å². The van der Waals surface area contributed by atoms with Crippen LogP contribution < -0.4 is 0 Å². The summed E-state index contributed by atoms with van der Waals surface area (Å²) in [6, 6.07) is 0. The van der Waals surface area contributed by atoms with Crippen molar-refractivity contribution in [3.05, 3.63) is 0 Å². The summed E-state index contributed by atoms with van der Waals surface area (Å²) >= 11 is 0. The van der Waals surface area contributed by atoms with E-state index in [-0.39, 0.29) is 0 Å². The molecule has 0 saturated heterocycles. The minimum atomic E-state index is -9.03. The Balaban J connectivity index is 3.31. The maximum Gasteiger partial charge on any atom is 0.435 e. The van der Waals surface area contributed by atoms with Gasteiger partial charge in [0.25, 0.3) is 11.3 Å². The van der Waals surface area contributed by atoms with E-state index >= 15 is 0 Å². The molecule has 0 nitrogen and oxygen atoms in total. The highest BCUT2D eigenvalue weighted by molar-refractivity contribution is 5.44. The van der Waals surface area contributed by atoms with Gasteiger partial charge in [-0.05, 0) is 0 Å². The largest absolute Gasteiger partial charge is 0.435 e. The Kier molecular flexibility index (Phi) is 4.35. The molecule has 20 heteroatoms. The molecule has 3 atom stereocenters. The maximum absolute atomic E-state index is 14.4. The molecule has 2 saturated carbocycles. The van der Waals surface area contributed by atoms with Crippen LogP contribution in [0.25, 0.3) is 0 Å². The molecule has 0 aromatic heterocycles. The molecule has 184 valence electrons. The van der Waals surface area contributed by atoms with Gasteiger partial charge in [0, 0.05) is 0 Å². The van der Waals surface area contributed by atoms with Gasteiger partial charge in [-0.15, -0.1) is 0 Å². The van der Waals surface area contributed by atoms with Crippen molar-refractivity contribution in [3.8, 4) is 0 Å². The van der Waals surface area contributed by atoms with Crippen LogP contribution in [0.2, 0.25) is 0 Å². The molecule has 0 aromatic rings. The van der Waals surface area contributed by atoms with Crippen molar-refractivity contribution in [2.45, 2.75) is 64.6 Å². The van der Waals surface area contributed by atoms with Crippen LogP contribution in [0.15, 0.2) is 0 Å². The highest BCUT2D eigenvalue weighted by Gasteiger charge is 3.16. The summed E-state index contributed by atoms with van der Waals surface area (Å²) < 4.78 is 270. The van der Waals surface area contributed by atoms with Crippen molar-refractivity contribution in [2.75, 3.05) is 0 Å². The summed E-state index contributed by atoms with van der Waals surface area (Å²) in [7, 11) is 0. The molecular weight excluding hydrogens is 512 g/mol. The smallest absolute Gasteiger partial charge is 0.226 e. The van der Waals surface area contributed by atoms with Crippen LogP contribution in [0, 0.1) is 0 Å². The number of rotatable bonds is 0. The SMILES string of the molecule is FC(F)(F)C1(F)C(F)(F)C(F)(F)C2(F)C(F)(F)C(F)(F)C(F)(F)C(F)(F)C2(F)C1(F)F. The predicted molar refractivity (Wildman–Crippen MR) is 52.2 cm³/mol. The summed E-state index contributed by atoms with van der Waals surface area (Å²) in [5.41, 5.74) is -26.8. The van der Waals surface area contributed by atoms with Gasteiger partial charge in [-0.1, -0.05) is 0 Å². The fourth-order valence-corrected chi connectivity index (χ4v) is 3.31. The molecule has 3 unspecified atom stereocenters. The number of alkyl halides is 20. The van der Waals surface area contributed by atoms with Gasteiger partial charge in [-0.2, -0.15) is 74.6 Å². The number of hydrogen-bond acceptors (Lipinski definition) is 0. The fourth-order valence-electron chi connectivity index (χ4n) is 3.31. The molecule has 2 aliphatic rings. The zero-order valence-electron chi connectivity index (χ0n) is 13.1. The Bertz CT molecular complexity index is 789. The first kappa shape index (κ1) is 25.9. The molecule has 2 aliphatic carbocycles. The van der Waals surface area contributed by atoms with Crippen molar-refractivity contribution in [1.29, 1.82) is 0 Å². The van der Waals surface area contributed by atoms with Gasteiger partial charge in [-0.25, -0.2) is 13.2 Å². The van der Waals surface area contributed by atoms with E-state index in [1.54, 1.807) is 0 Å². The van der Waals surface area contributed by atoms with Crippen LogP contribution in [0.4, 0.5) is 87.8 Å². The quantitative estimate of drug-likeness (QED) is 0.342. The van der Waals surface area contributed by atoms with E-state index in [1.165, 1.54) is 0 Å². The predicted octanol–water partition coefficient (Wildman–Crippen LogP) is 6.15. The molecule has 31 heavy (non-hydrogen) atoms. The van der Waals surface area contributed by atoms with Crippen LogP contribution in [0.5, 0.6) is 0 Å². The first-order valence-electron chi connectivity index (χ1n) is 6.78. The molecule has 0 bridgehead atoms. The number of fused-ring (bicyclic) bond motifs is 1. The van der Waals surface area contributed by atoms with Gasteiger partial charge in [0.2, 0.25) is 0 Å². The van der Waals surface area contributed by atoms with Crippen LogP contribution >= 0.6 is 0 Å². The highest BCUT2D eigenvalue weighted by Crippen LogP contribution is 2.82. The lowest BCUT2D eigenvalue weighted by molar-refractivity contribution is -0.563. The fraction of sp³-hybridized carbons (Fsp3) is 1.00. The molecule has 2 rings (SSSR count). The normalized spacial score (nSPS) is 43.7. The van der Waals surface area contributed by atoms with Gasteiger partial charge in [0.15, 0.2) is 0 Å². The second-order valence-electron chi connectivity index (χ2n) is 6.49. The van der Waals surface area contributed by atoms with Gasteiger partial charge in [0.1, 0.15) is 0 Å². The van der Waals surface area contributed by atoms with Crippen LogP contribution in [0.1, 0.15) is 0 Å². The lowest BCUT2D eigenvalue weighted by atomic mass is 9.52. The Hall–Kier alpha value is -1.40. The maximum atomic E-state index is 14.4. The highest BCUT2D eigenvalue weighted by atomic mass is 19.4. The van der Waals surface area contributed by atoms with E-state index in [0.717, 1.165) is 0 Å². The van der Waals surface area contributed by atoms with E-state index < -0.39 is 64.6 Å². The first-order valence-corrected chi connectivity index (χ1v) is 6.78. The molecule has 0 N–H and O–H groups in total. The Labute approximate surface area is 154 Å². The van der Waals surface area contributed by atoms with Crippen LogP contribution in [0.3, 0.4) is 0 Å². The molecule has 0 aromatic carbocycles. The monoisotopic (exact) mass is 512 g/mol. The molecule has 0 spiro atoms. The van der Waals surface area contributed by atoms with Gasteiger partial charge >= 0.3 is 53.3 Å². The van der Waals surface area contributed by atoms with Crippen LogP contribution in [-0.4, -0.2) is 64.6 Å². The zero-order valence-corrected chi connectivity index (χ0v) is 13.1. The third-order valence-electron chi connectivity index (χ3n) is 5.04. The standard InChI is InChI=1S/C11F20/c12-1-2(13,7(21,22)10(27,28)9(25,26)6(1,19)20)5(17,18)8(23,24)3(14,4(1,15)16)11(29,30)31. The summed E-state index contributed by atoms with van der Waals surface area (Å²) in [5, 5.41) is 0. The van der Waals surface area contributed by atoms with Gasteiger partial charge in [0.05, 0.1) is 0 Å². The summed E-state index contributed by atoms with van der Waals surface area (Å²) in [6.07, 6.45) is -8.38. The van der Waals surface area contributed by atoms with Crippen molar-refractivity contribution in [3.63, 3.8) is 0 Å². The van der Waals surface area contributed by atoms with E-state index in [1.807, 2.05) is 0 Å². The number of hydrogen-bond donors (Lipinski definition) is 0. The van der Waals surface area contributed by atoms with E-state index in [0.29, 0.717) is 0 Å². The molecular formula is C11F20. The minimum absolute atomic E-state index is 8.38. The zero-order chi connectivity index (χ0) is 25.5. The second kappa shape index (κ2) is 5.22. The molecule has 0 amide bonds. The topological polar surface area (TPSA) is 0 Å². The van der Waals surface area contributed by atoms with E-state index in [9.17, 15) is 87.8 Å². The molecule has 0 radical (unpaired) electrons. The lowest BCUT2D eigenvalue weighted by Gasteiger charge is -2.64. The van der Waals surface area contributed by atoms with E-state index in [2.05, 4.69) is 0 Å². The Morgan fingerprint density at radius 2 is 0.516 bits per heavy atom. The van der Waals surface area contributed by atoms with Crippen molar-refractivity contribution >= 4 is 0 Å². The first-order chi connectivity index (χ1) is 13.0. The van der Waals surface area contributed by atoms with Crippen molar-refractivity contribution < 1.29 is 87.8 Å². The molecule has 2 fully saturated rings. The average molecular weight is 512 g/mol. The summed E-state index contributed by atoms with van der Waals surface area (Å²) in [4.78, 5) is 0. The lowest BCUT2D eigenvalue weighted by Crippen LogP contribution is -3.00. The van der Waals surface area contributed by atoms with Crippen molar-refractivity contribution in [1.82, 2.24) is 0 Å². The second-order valence-corrected chi connectivity index (χ2v) is 6.49. The van der Waals surface area contributed by atoms with Gasteiger partial charge in [-0.3, -0.25) is 0 Å².